The lowest BCUT2D eigenvalue weighted by Crippen LogP contribution is -2.13. The number of halogens is 4. The van der Waals surface area contributed by atoms with Crippen LogP contribution in [0.3, 0.4) is 0 Å². The molecule has 2 aromatic heterocycles. The van der Waals surface area contributed by atoms with Crippen molar-refractivity contribution in [2.45, 2.75) is 19.0 Å². The van der Waals surface area contributed by atoms with Gasteiger partial charge >= 0.3 is 6.18 Å². The fraction of sp³-hybridized carbons (Fsp3) is 0.300. The Labute approximate surface area is 180 Å². The van der Waals surface area contributed by atoms with Crippen molar-refractivity contribution in [1.82, 2.24) is 14.8 Å². The van der Waals surface area contributed by atoms with Gasteiger partial charge in [-0.2, -0.15) is 23.0 Å². The van der Waals surface area contributed by atoms with Crippen molar-refractivity contribution in [2.24, 2.45) is 0 Å². The molecule has 7 nitrogen and oxygen atoms in total. The summed E-state index contributed by atoms with van der Waals surface area (Å²) in [6.07, 6.45) is -3.85. The van der Waals surface area contributed by atoms with Gasteiger partial charge in [-0.15, -0.1) is 0 Å². The number of methoxy groups -OCH3 is 2. The number of aromatic nitrogens is 3. The third-order valence-corrected chi connectivity index (χ3v) is 5.00. The van der Waals surface area contributed by atoms with Gasteiger partial charge in [0.2, 0.25) is 5.88 Å². The minimum atomic E-state index is -4.58. The van der Waals surface area contributed by atoms with Crippen molar-refractivity contribution in [3.05, 3.63) is 46.6 Å². The van der Waals surface area contributed by atoms with E-state index in [1.165, 1.54) is 14.2 Å². The minimum absolute atomic E-state index is 0.0440. The summed E-state index contributed by atoms with van der Waals surface area (Å²) >= 11 is 6.20. The monoisotopic (exact) mass is 454 g/mol. The normalized spacial score (nSPS) is 13.4. The average Bonchev–Trinajstić information content (AvgIpc) is 3.14. The summed E-state index contributed by atoms with van der Waals surface area (Å²) < 4.78 is 57.5. The molecule has 0 atom stereocenters. The second-order valence-electron chi connectivity index (χ2n) is 6.69. The van der Waals surface area contributed by atoms with Crippen LogP contribution in [0.5, 0.6) is 17.4 Å². The van der Waals surface area contributed by atoms with Crippen LogP contribution in [-0.4, -0.2) is 35.6 Å². The summed E-state index contributed by atoms with van der Waals surface area (Å²) in [6, 6.07) is 8.07. The molecular formula is C20H18ClF3N4O3. The average molecular weight is 455 g/mol. The van der Waals surface area contributed by atoms with Crippen LogP contribution in [0.15, 0.2) is 30.3 Å². The summed E-state index contributed by atoms with van der Waals surface area (Å²) in [5.74, 6) is 1.48. The van der Waals surface area contributed by atoms with Crippen LogP contribution in [0.4, 0.5) is 24.7 Å². The van der Waals surface area contributed by atoms with E-state index < -0.39 is 11.9 Å². The van der Waals surface area contributed by atoms with Gasteiger partial charge in [0.15, 0.2) is 11.5 Å². The molecule has 0 unspecified atom stereocenters. The van der Waals surface area contributed by atoms with Gasteiger partial charge in [0.1, 0.15) is 17.3 Å². The second kappa shape index (κ2) is 8.18. The van der Waals surface area contributed by atoms with Gasteiger partial charge in [0, 0.05) is 11.6 Å². The minimum Gasteiger partial charge on any atom is -0.495 e. The van der Waals surface area contributed by atoms with E-state index in [0.717, 1.165) is 4.68 Å². The Bertz CT molecular complexity index is 1120. The van der Waals surface area contributed by atoms with E-state index in [4.69, 9.17) is 25.8 Å². The number of nitrogens with one attached hydrogen (secondary N) is 1. The molecule has 0 fully saturated rings. The lowest BCUT2D eigenvalue weighted by Gasteiger charge is -2.16. The highest BCUT2D eigenvalue weighted by molar-refractivity contribution is 6.32. The van der Waals surface area contributed by atoms with Crippen LogP contribution in [0, 0.1) is 0 Å². The number of rotatable bonds is 5. The van der Waals surface area contributed by atoms with Crippen LogP contribution < -0.4 is 19.5 Å². The maximum atomic E-state index is 13.5. The van der Waals surface area contributed by atoms with Gasteiger partial charge in [0.05, 0.1) is 31.5 Å². The molecule has 0 radical (unpaired) electrons. The number of pyridine rings is 1. The molecule has 1 aromatic carbocycles. The SMILES string of the molecule is COc1cc(OC)c(Nc2cccc(-n3nc(C(F)(F)F)c4c3OCCC4)n2)cc1Cl. The van der Waals surface area contributed by atoms with Crippen molar-refractivity contribution in [1.29, 1.82) is 0 Å². The molecule has 0 aliphatic carbocycles. The van der Waals surface area contributed by atoms with E-state index in [1.54, 1.807) is 30.3 Å². The summed E-state index contributed by atoms with van der Waals surface area (Å²) in [6.45, 7) is 0.315. The molecule has 11 heteroatoms. The van der Waals surface area contributed by atoms with Crippen molar-refractivity contribution < 1.29 is 27.4 Å². The number of hydrogen-bond donors (Lipinski definition) is 1. The number of alkyl halides is 3. The van der Waals surface area contributed by atoms with E-state index >= 15 is 0 Å². The number of ether oxygens (including phenoxy) is 3. The largest absolute Gasteiger partial charge is 0.495 e. The van der Waals surface area contributed by atoms with E-state index in [9.17, 15) is 13.2 Å². The highest BCUT2D eigenvalue weighted by atomic mass is 35.5. The highest BCUT2D eigenvalue weighted by Gasteiger charge is 2.40. The van der Waals surface area contributed by atoms with Gasteiger partial charge < -0.3 is 19.5 Å². The molecule has 3 aromatic rings. The zero-order valence-electron chi connectivity index (χ0n) is 16.6. The Morgan fingerprint density at radius 1 is 1.16 bits per heavy atom. The van der Waals surface area contributed by atoms with E-state index in [-0.39, 0.29) is 23.7 Å². The van der Waals surface area contributed by atoms with Crippen LogP contribution in [-0.2, 0) is 12.6 Å². The summed E-state index contributed by atoms with van der Waals surface area (Å²) in [7, 11) is 2.98. The molecule has 0 bridgehead atoms. The van der Waals surface area contributed by atoms with Crippen LogP contribution >= 0.6 is 11.6 Å². The molecule has 4 rings (SSSR count). The molecule has 164 valence electrons. The molecule has 1 aliphatic rings. The fourth-order valence-electron chi connectivity index (χ4n) is 3.32. The Kier molecular flexibility index (Phi) is 5.57. The van der Waals surface area contributed by atoms with Gasteiger partial charge in [-0.1, -0.05) is 17.7 Å². The predicted octanol–water partition coefficient (Wildman–Crippen LogP) is 5.03. The van der Waals surface area contributed by atoms with Crippen LogP contribution in [0.1, 0.15) is 17.7 Å². The first kappa shape index (κ1) is 21.1. The Morgan fingerprint density at radius 2 is 1.94 bits per heavy atom. The topological polar surface area (TPSA) is 70.4 Å². The Morgan fingerprint density at radius 3 is 2.65 bits per heavy atom. The summed E-state index contributed by atoms with van der Waals surface area (Å²) in [4.78, 5) is 4.40. The molecule has 1 aliphatic heterocycles. The third-order valence-electron chi connectivity index (χ3n) is 4.70. The Hall–Kier alpha value is -3.14. The second-order valence-corrected chi connectivity index (χ2v) is 7.09. The number of benzene rings is 1. The molecule has 3 heterocycles. The predicted molar refractivity (Wildman–Crippen MR) is 108 cm³/mol. The van der Waals surface area contributed by atoms with Gasteiger partial charge in [0.25, 0.3) is 0 Å². The highest BCUT2D eigenvalue weighted by Crippen LogP contribution is 2.40. The van der Waals surface area contributed by atoms with E-state index in [2.05, 4.69) is 15.4 Å². The number of fused-ring (bicyclic) bond motifs is 1. The maximum Gasteiger partial charge on any atom is 0.435 e. The van der Waals surface area contributed by atoms with Crippen molar-refractivity contribution in [2.75, 3.05) is 26.1 Å². The maximum absolute atomic E-state index is 13.5. The van der Waals surface area contributed by atoms with Crippen LogP contribution in [0.25, 0.3) is 5.82 Å². The van der Waals surface area contributed by atoms with E-state index in [0.29, 0.717) is 41.1 Å². The number of anilines is 2. The molecule has 1 N–H and O–H groups in total. The molecular weight excluding hydrogens is 437 g/mol. The first-order valence-corrected chi connectivity index (χ1v) is 9.67. The first-order valence-electron chi connectivity index (χ1n) is 9.29. The third kappa shape index (κ3) is 4.07. The Balaban J connectivity index is 1.72. The summed E-state index contributed by atoms with van der Waals surface area (Å²) in [5.41, 5.74) is -0.402. The standard InChI is InChI=1S/C20H18ClF3N4O3/c1-29-14-10-15(30-2)13(9-12(14)21)25-16-6-3-7-17(26-16)28-19-11(5-4-8-31-19)18(27-28)20(22,23)24/h3,6-7,9-10H,4-5,8H2,1-2H3,(H,25,26). The molecule has 0 saturated carbocycles. The lowest BCUT2D eigenvalue weighted by molar-refractivity contribution is -0.142. The van der Waals surface area contributed by atoms with Crippen molar-refractivity contribution in [3.63, 3.8) is 0 Å². The quantitative estimate of drug-likeness (QED) is 0.583. The smallest absolute Gasteiger partial charge is 0.435 e. The van der Waals surface area contributed by atoms with Crippen molar-refractivity contribution in [3.8, 4) is 23.2 Å². The molecule has 0 saturated heterocycles. The van der Waals surface area contributed by atoms with Gasteiger partial charge in [-0.3, -0.25) is 0 Å². The van der Waals surface area contributed by atoms with Crippen LogP contribution in [0.2, 0.25) is 5.02 Å². The molecule has 0 spiro atoms. The van der Waals surface area contributed by atoms with Gasteiger partial charge in [-0.25, -0.2) is 4.98 Å². The molecule has 31 heavy (non-hydrogen) atoms. The number of hydrogen-bond acceptors (Lipinski definition) is 6. The number of nitrogens with zero attached hydrogens (tertiary/aromatic N) is 3. The van der Waals surface area contributed by atoms with Gasteiger partial charge in [-0.05, 0) is 31.0 Å². The van der Waals surface area contributed by atoms with Crippen molar-refractivity contribution >= 4 is 23.1 Å². The summed E-state index contributed by atoms with van der Waals surface area (Å²) in [5, 5.41) is 7.18. The van der Waals surface area contributed by atoms with E-state index in [1.807, 2.05) is 0 Å². The zero-order valence-corrected chi connectivity index (χ0v) is 17.3. The fourth-order valence-corrected chi connectivity index (χ4v) is 3.56. The zero-order chi connectivity index (χ0) is 22.2. The first-order chi connectivity index (χ1) is 14.8. The molecule has 0 amide bonds. The lowest BCUT2D eigenvalue weighted by atomic mass is 10.1.